The van der Waals surface area contributed by atoms with Crippen LogP contribution in [0.1, 0.15) is 58.1 Å². The molecule has 41 heavy (non-hydrogen) atoms. The summed E-state index contributed by atoms with van der Waals surface area (Å²) in [7, 11) is 1.75. The Morgan fingerprint density at radius 3 is 2.37 bits per heavy atom. The molecule has 1 aromatic heterocycles. The Hall–Kier alpha value is -3.69. The van der Waals surface area contributed by atoms with Gasteiger partial charge in [-0.3, -0.25) is 0 Å². The summed E-state index contributed by atoms with van der Waals surface area (Å²) in [4.78, 5) is 13.1. The second-order valence-electron chi connectivity index (χ2n) is 9.96. The molecule has 4 aromatic rings. The quantitative estimate of drug-likeness (QED) is 0.207. The molecule has 0 spiro atoms. The molecule has 216 valence electrons. The predicted molar refractivity (Wildman–Crippen MR) is 154 cm³/mol. The number of carboxylic acids is 1. The number of rotatable bonds is 9. The molecular weight excluding hydrogens is 578 g/mol. The zero-order chi connectivity index (χ0) is 30.1. The maximum absolute atomic E-state index is 13.5. The minimum Gasteiger partial charge on any atom is -0.487 e. The van der Waals surface area contributed by atoms with Gasteiger partial charge in [-0.1, -0.05) is 49.2 Å². The Morgan fingerprint density at radius 1 is 1.10 bits per heavy atom. The summed E-state index contributed by atoms with van der Waals surface area (Å²) in [5.41, 5.74) is 2.37. The molecule has 0 aliphatic rings. The van der Waals surface area contributed by atoms with Crippen molar-refractivity contribution in [3.8, 4) is 11.4 Å². The van der Waals surface area contributed by atoms with E-state index in [-0.39, 0.29) is 19.1 Å². The molecule has 0 aliphatic heterocycles. The first-order valence-electron chi connectivity index (χ1n) is 12.7. The first-order chi connectivity index (χ1) is 19.3. The van der Waals surface area contributed by atoms with Crippen LogP contribution in [-0.4, -0.2) is 27.9 Å². The van der Waals surface area contributed by atoms with Crippen molar-refractivity contribution in [3.63, 3.8) is 0 Å². The van der Waals surface area contributed by atoms with E-state index >= 15 is 0 Å². The van der Waals surface area contributed by atoms with E-state index in [4.69, 9.17) is 33.0 Å². The molecule has 0 saturated heterocycles. The topological polar surface area (TPSA) is 67.6 Å². The number of nitrogens with zero attached hydrogens (tertiary/aromatic N) is 3. The molecule has 6 nitrogen and oxygen atoms in total. The molecule has 0 amide bonds. The maximum atomic E-state index is 13.5. The molecule has 0 fully saturated rings. The van der Waals surface area contributed by atoms with Crippen molar-refractivity contribution in [3.05, 3.63) is 104 Å². The van der Waals surface area contributed by atoms with Gasteiger partial charge in [0.15, 0.2) is 0 Å². The molecule has 0 aliphatic carbocycles. The highest BCUT2D eigenvalue weighted by molar-refractivity contribution is 6.37. The van der Waals surface area contributed by atoms with Crippen LogP contribution < -0.4 is 9.64 Å². The molecule has 0 saturated carbocycles. The molecule has 0 radical (unpaired) electrons. The standard InChI is InChI=1S/C30H28Cl2F3N3O3/c1-17(2)22-14-36-38(28-24(31)6-5-7-25(28)32)27(22)16-41-20-9-11-26(18(3)12-20)37(4)15-19-8-10-21(29(39)40)23(13-19)30(33,34)35/h5-14,17H,15-16H2,1-4H3,(H,39,40). The molecule has 1 N–H and O–H groups in total. The van der Waals surface area contributed by atoms with Gasteiger partial charge in [0, 0.05) is 19.3 Å². The second-order valence-corrected chi connectivity index (χ2v) is 10.8. The zero-order valence-electron chi connectivity index (χ0n) is 22.8. The molecule has 0 unspecified atom stereocenters. The number of hydrogen-bond acceptors (Lipinski definition) is 4. The van der Waals surface area contributed by atoms with Gasteiger partial charge in [0.2, 0.25) is 0 Å². The first-order valence-corrected chi connectivity index (χ1v) is 13.4. The van der Waals surface area contributed by atoms with Gasteiger partial charge >= 0.3 is 12.1 Å². The number of anilines is 1. The molecule has 4 rings (SSSR count). The summed E-state index contributed by atoms with van der Waals surface area (Å²) in [6.07, 6.45) is -3.00. The Bertz CT molecular complexity index is 1560. The monoisotopic (exact) mass is 605 g/mol. The van der Waals surface area contributed by atoms with E-state index in [9.17, 15) is 18.0 Å². The van der Waals surface area contributed by atoms with E-state index in [2.05, 4.69) is 18.9 Å². The van der Waals surface area contributed by atoms with Crippen molar-refractivity contribution in [1.82, 2.24) is 9.78 Å². The number of alkyl halides is 3. The van der Waals surface area contributed by atoms with E-state index < -0.39 is 23.3 Å². The number of aryl methyl sites for hydroxylation is 1. The lowest BCUT2D eigenvalue weighted by atomic mass is 10.0. The Morgan fingerprint density at radius 2 is 1.78 bits per heavy atom. The number of aromatic nitrogens is 2. The van der Waals surface area contributed by atoms with Crippen LogP contribution >= 0.6 is 23.2 Å². The lowest BCUT2D eigenvalue weighted by Gasteiger charge is -2.23. The smallest absolute Gasteiger partial charge is 0.417 e. The molecule has 3 aromatic carbocycles. The van der Waals surface area contributed by atoms with E-state index in [1.54, 1.807) is 47.1 Å². The van der Waals surface area contributed by atoms with Gasteiger partial charge in [0.05, 0.1) is 33.1 Å². The number of ether oxygens (including phenoxy) is 1. The Kier molecular flexibility index (Phi) is 8.89. The number of aromatic carboxylic acids is 1. The van der Waals surface area contributed by atoms with Gasteiger partial charge in [-0.05, 0) is 72.0 Å². The summed E-state index contributed by atoms with van der Waals surface area (Å²) in [5, 5.41) is 14.6. The number of halogens is 5. The van der Waals surface area contributed by atoms with E-state index in [1.807, 2.05) is 19.1 Å². The second kappa shape index (κ2) is 12.0. The van der Waals surface area contributed by atoms with Crippen LogP contribution in [0.5, 0.6) is 5.75 Å². The van der Waals surface area contributed by atoms with Crippen molar-refractivity contribution >= 4 is 34.9 Å². The van der Waals surface area contributed by atoms with E-state index in [0.717, 1.165) is 34.6 Å². The number of carboxylic acid groups (broad SMARTS) is 1. The normalized spacial score (nSPS) is 11.7. The minimum atomic E-state index is -4.78. The third-order valence-corrected chi connectivity index (χ3v) is 7.28. The Balaban J connectivity index is 1.55. The summed E-state index contributed by atoms with van der Waals surface area (Å²) in [5.74, 6) is -0.858. The van der Waals surface area contributed by atoms with Crippen LogP contribution in [0.3, 0.4) is 0 Å². The van der Waals surface area contributed by atoms with Crippen LogP contribution in [0.25, 0.3) is 5.69 Å². The maximum Gasteiger partial charge on any atom is 0.417 e. The predicted octanol–water partition coefficient (Wildman–Crippen LogP) is 8.54. The van der Waals surface area contributed by atoms with Crippen molar-refractivity contribution in [1.29, 1.82) is 0 Å². The number of para-hydroxylation sites is 1. The lowest BCUT2D eigenvalue weighted by Crippen LogP contribution is -2.19. The highest BCUT2D eigenvalue weighted by atomic mass is 35.5. The lowest BCUT2D eigenvalue weighted by molar-refractivity contribution is -0.138. The van der Waals surface area contributed by atoms with Gasteiger partial charge in [0.1, 0.15) is 18.0 Å². The van der Waals surface area contributed by atoms with Gasteiger partial charge in [0.25, 0.3) is 0 Å². The summed E-state index contributed by atoms with van der Waals surface area (Å²) in [6, 6.07) is 14.0. The van der Waals surface area contributed by atoms with E-state index in [1.165, 1.54) is 6.07 Å². The third-order valence-electron chi connectivity index (χ3n) is 6.67. The van der Waals surface area contributed by atoms with E-state index in [0.29, 0.717) is 27.0 Å². The van der Waals surface area contributed by atoms with Gasteiger partial charge in [-0.15, -0.1) is 0 Å². The van der Waals surface area contributed by atoms with Crippen molar-refractivity contribution in [2.75, 3.05) is 11.9 Å². The van der Waals surface area contributed by atoms with Crippen LogP contribution in [0.2, 0.25) is 10.0 Å². The first kappa shape index (κ1) is 30.3. The van der Waals surface area contributed by atoms with Gasteiger partial charge < -0.3 is 14.7 Å². The number of carbonyl (C=O) groups is 1. The highest BCUT2D eigenvalue weighted by Crippen LogP contribution is 2.35. The minimum absolute atomic E-state index is 0.138. The number of hydrogen-bond donors (Lipinski definition) is 1. The van der Waals surface area contributed by atoms with Crippen LogP contribution in [0, 0.1) is 6.92 Å². The molecule has 1 heterocycles. The van der Waals surface area contributed by atoms with Crippen molar-refractivity contribution in [2.24, 2.45) is 0 Å². The molecule has 0 bridgehead atoms. The zero-order valence-corrected chi connectivity index (χ0v) is 24.3. The fraction of sp³-hybridized carbons (Fsp3) is 0.267. The molecule has 11 heteroatoms. The summed E-state index contributed by atoms with van der Waals surface area (Å²) >= 11 is 12.9. The van der Waals surface area contributed by atoms with Crippen LogP contribution in [0.4, 0.5) is 18.9 Å². The summed E-state index contributed by atoms with van der Waals surface area (Å²) < 4.78 is 48.2. The fourth-order valence-electron chi connectivity index (χ4n) is 4.66. The third kappa shape index (κ3) is 6.63. The Labute approximate surface area is 245 Å². The van der Waals surface area contributed by atoms with Crippen molar-refractivity contribution < 1.29 is 27.8 Å². The summed E-state index contributed by atoms with van der Waals surface area (Å²) in [6.45, 7) is 6.32. The highest BCUT2D eigenvalue weighted by Gasteiger charge is 2.35. The molecular formula is C30H28Cl2F3N3O3. The van der Waals surface area contributed by atoms with Crippen molar-refractivity contribution in [2.45, 2.75) is 46.0 Å². The average molecular weight is 606 g/mol. The SMILES string of the molecule is Cc1cc(OCc2c(C(C)C)cnn2-c2c(Cl)cccc2Cl)ccc1N(C)Cc1ccc(C(=O)O)c(C(F)(F)F)c1. The van der Waals surface area contributed by atoms with Crippen LogP contribution in [0.15, 0.2) is 60.8 Å². The average Bonchev–Trinajstić information content (AvgIpc) is 3.30. The largest absolute Gasteiger partial charge is 0.487 e. The van der Waals surface area contributed by atoms with Gasteiger partial charge in [-0.2, -0.15) is 18.3 Å². The van der Waals surface area contributed by atoms with Crippen LogP contribution in [-0.2, 0) is 19.3 Å². The molecule has 0 atom stereocenters. The van der Waals surface area contributed by atoms with Gasteiger partial charge in [-0.25, -0.2) is 9.48 Å². The fourth-order valence-corrected chi connectivity index (χ4v) is 5.22. The number of benzene rings is 3.